The highest BCUT2D eigenvalue weighted by molar-refractivity contribution is 4.73. The predicted octanol–water partition coefficient (Wildman–Crippen LogP) is 1.59. The lowest BCUT2D eigenvalue weighted by Crippen LogP contribution is -2.39. The number of ether oxygens (including phenoxy) is 2. The van der Waals surface area contributed by atoms with Crippen LogP contribution in [0.4, 0.5) is 0 Å². The maximum absolute atomic E-state index is 9.90. The fourth-order valence-electron chi connectivity index (χ4n) is 1.84. The first-order chi connectivity index (χ1) is 6.77. The molecular weight excluding hydrogens is 180 g/mol. The first kappa shape index (κ1) is 12.0. The van der Waals surface area contributed by atoms with Gasteiger partial charge >= 0.3 is 0 Å². The van der Waals surface area contributed by atoms with E-state index in [-0.39, 0.29) is 12.2 Å². The number of hydrogen-bond acceptors (Lipinski definition) is 3. The molecule has 1 heterocycles. The molecule has 0 saturated carbocycles. The molecular formula is C11H22O3. The van der Waals surface area contributed by atoms with E-state index in [1.807, 2.05) is 0 Å². The van der Waals surface area contributed by atoms with Gasteiger partial charge in [0.25, 0.3) is 0 Å². The lowest BCUT2D eigenvalue weighted by atomic mass is 9.94. The zero-order chi connectivity index (χ0) is 10.4. The number of aliphatic hydroxyl groups is 1. The highest BCUT2D eigenvalue weighted by Gasteiger charge is 2.24. The van der Waals surface area contributed by atoms with E-state index in [4.69, 9.17) is 9.47 Å². The smallest absolute Gasteiger partial charge is 0.107 e. The molecule has 1 aliphatic rings. The van der Waals surface area contributed by atoms with Crippen molar-refractivity contribution < 1.29 is 14.6 Å². The summed E-state index contributed by atoms with van der Waals surface area (Å²) in [6.07, 6.45) is 2.62. The van der Waals surface area contributed by atoms with Gasteiger partial charge in [-0.05, 0) is 12.3 Å². The largest absolute Gasteiger partial charge is 0.390 e. The van der Waals surface area contributed by atoms with Crippen molar-refractivity contribution in [3.63, 3.8) is 0 Å². The molecule has 3 heteroatoms. The average molecular weight is 202 g/mol. The van der Waals surface area contributed by atoms with E-state index in [9.17, 15) is 5.11 Å². The average Bonchev–Trinajstić information content (AvgIpc) is 2.26. The van der Waals surface area contributed by atoms with E-state index in [1.165, 1.54) is 0 Å². The monoisotopic (exact) mass is 202 g/mol. The van der Waals surface area contributed by atoms with Crippen LogP contribution < -0.4 is 0 Å². The first-order valence-corrected chi connectivity index (χ1v) is 5.65. The summed E-state index contributed by atoms with van der Waals surface area (Å²) in [5.74, 6) is 0.607. The van der Waals surface area contributed by atoms with Crippen LogP contribution >= 0.6 is 0 Å². The van der Waals surface area contributed by atoms with Gasteiger partial charge in [-0.25, -0.2) is 0 Å². The fraction of sp³-hybridized carbons (Fsp3) is 1.00. The lowest BCUT2D eigenvalue weighted by Gasteiger charge is -2.29. The molecule has 0 aromatic heterocycles. The Balaban J connectivity index is 2.27. The molecule has 0 aromatic carbocycles. The third-order valence-electron chi connectivity index (χ3n) is 3.00. The highest BCUT2D eigenvalue weighted by atomic mass is 16.6. The minimum atomic E-state index is -0.361. The molecule has 3 nitrogen and oxygen atoms in total. The van der Waals surface area contributed by atoms with Gasteiger partial charge in [-0.1, -0.05) is 26.7 Å². The maximum Gasteiger partial charge on any atom is 0.107 e. The Morgan fingerprint density at radius 3 is 2.50 bits per heavy atom. The molecule has 1 fully saturated rings. The Hall–Kier alpha value is -0.120. The van der Waals surface area contributed by atoms with Gasteiger partial charge in [-0.3, -0.25) is 0 Å². The van der Waals surface area contributed by atoms with Crippen LogP contribution in [0.1, 0.15) is 33.1 Å². The zero-order valence-corrected chi connectivity index (χ0v) is 9.24. The molecule has 2 unspecified atom stereocenters. The third kappa shape index (κ3) is 3.56. The van der Waals surface area contributed by atoms with Gasteiger partial charge < -0.3 is 14.6 Å². The summed E-state index contributed by atoms with van der Waals surface area (Å²) in [6.45, 7) is 6.15. The van der Waals surface area contributed by atoms with Crippen molar-refractivity contribution in [1.29, 1.82) is 0 Å². The standard InChI is InChI=1S/C11H22O3/c1-3-9(4-2)7-10(12)11-8-13-5-6-14-11/h9-12H,3-8H2,1-2H3. The van der Waals surface area contributed by atoms with Crippen molar-refractivity contribution in [2.75, 3.05) is 19.8 Å². The van der Waals surface area contributed by atoms with Crippen LogP contribution in [0.15, 0.2) is 0 Å². The van der Waals surface area contributed by atoms with Gasteiger partial charge in [0.05, 0.1) is 25.9 Å². The molecule has 1 rings (SSSR count). The molecule has 0 spiro atoms. The van der Waals surface area contributed by atoms with E-state index < -0.39 is 0 Å². The van der Waals surface area contributed by atoms with E-state index in [0.29, 0.717) is 25.7 Å². The van der Waals surface area contributed by atoms with Gasteiger partial charge in [0.1, 0.15) is 6.10 Å². The second-order valence-corrected chi connectivity index (χ2v) is 3.97. The minimum Gasteiger partial charge on any atom is -0.390 e. The van der Waals surface area contributed by atoms with Crippen LogP contribution in [0.5, 0.6) is 0 Å². The maximum atomic E-state index is 9.90. The van der Waals surface area contributed by atoms with E-state index in [2.05, 4.69) is 13.8 Å². The molecule has 0 amide bonds. The summed E-state index contributed by atoms with van der Waals surface area (Å²) in [6, 6.07) is 0. The van der Waals surface area contributed by atoms with Crippen molar-refractivity contribution in [1.82, 2.24) is 0 Å². The molecule has 0 aromatic rings. The Labute approximate surface area is 86.4 Å². The summed E-state index contributed by atoms with van der Waals surface area (Å²) >= 11 is 0. The quantitative estimate of drug-likeness (QED) is 0.735. The van der Waals surface area contributed by atoms with Crippen LogP contribution in [0.2, 0.25) is 0 Å². The van der Waals surface area contributed by atoms with E-state index in [0.717, 1.165) is 19.3 Å². The van der Waals surface area contributed by atoms with Gasteiger partial charge in [-0.15, -0.1) is 0 Å². The Bertz CT molecular complexity index is 139. The summed E-state index contributed by atoms with van der Waals surface area (Å²) in [5, 5.41) is 9.90. The molecule has 1 aliphatic heterocycles. The second-order valence-electron chi connectivity index (χ2n) is 3.97. The minimum absolute atomic E-state index is 0.107. The predicted molar refractivity (Wildman–Crippen MR) is 55.3 cm³/mol. The molecule has 14 heavy (non-hydrogen) atoms. The highest BCUT2D eigenvalue weighted by Crippen LogP contribution is 2.19. The molecule has 1 saturated heterocycles. The van der Waals surface area contributed by atoms with Crippen LogP contribution in [-0.2, 0) is 9.47 Å². The SMILES string of the molecule is CCC(CC)CC(O)C1COCCO1. The molecule has 0 bridgehead atoms. The van der Waals surface area contributed by atoms with Gasteiger partial charge in [0.15, 0.2) is 0 Å². The second kappa shape index (κ2) is 6.38. The van der Waals surface area contributed by atoms with Crippen LogP contribution in [0.25, 0.3) is 0 Å². The molecule has 1 N–H and O–H groups in total. The van der Waals surface area contributed by atoms with Crippen molar-refractivity contribution in [2.45, 2.75) is 45.3 Å². The van der Waals surface area contributed by atoms with Gasteiger partial charge in [0, 0.05) is 0 Å². The Morgan fingerprint density at radius 1 is 1.29 bits per heavy atom. The van der Waals surface area contributed by atoms with E-state index >= 15 is 0 Å². The van der Waals surface area contributed by atoms with Crippen molar-refractivity contribution in [3.8, 4) is 0 Å². The summed E-state index contributed by atoms with van der Waals surface area (Å²) in [4.78, 5) is 0. The summed E-state index contributed by atoms with van der Waals surface area (Å²) < 4.78 is 10.7. The number of aliphatic hydroxyl groups excluding tert-OH is 1. The van der Waals surface area contributed by atoms with Crippen molar-refractivity contribution in [3.05, 3.63) is 0 Å². The van der Waals surface area contributed by atoms with E-state index in [1.54, 1.807) is 0 Å². The molecule has 0 aliphatic carbocycles. The zero-order valence-electron chi connectivity index (χ0n) is 9.24. The molecule has 0 radical (unpaired) electrons. The number of hydrogen-bond donors (Lipinski definition) is 1. The van der Waals surface area contributed by atoms with Crippen LogP contribution in [-0.4, -0.2) is 37.1 Å². The fourth-order valence-corrected chi connectivity index (χ4v) is 1.84. The molecule has 84 valence electrons. The summed E-state index contributed by atoms with van der Waals surface area (Å²) in [5.41, 5.74) is 0. The molecule has 2 atom stereocenters. The van der Waals surface area contributed by atoms with Gasteiger partial charge in [-0.2, -0.15) is 0 Å². The Morgan fingerprint density at radius 2 is 2.00 bits per heavy atom. The first-order valence-electron chi connectivity index (χ1n) is 5.65. The number of rotatable bonds is 5. The van der Waals surface area contributed by atoms with Crippen LogP contribution in [0.3, 0.4) is 0 Å². The lowest BCUT2D eigenvalue weighted by molar-refractivity contribution is -0.136. The Kier molecular flexibility index (Phi) is 5.45. The third-order valence-corrected chi connectivity index (χ3v) is 3.00. The van der Waals surface area contributed by atoms with Gasteiger partial charge in [0.2, 0.25) is 0 Å². The van der Waals surface area contributed by atoms with Crippen molar-refractivity contribution >= 4 is 0 Å². The van der Waals surface area contributed by atoms with Crippen LogP contribution in [0, 0.1) is 5.92 Å². The summed E-state index contributed by atoms with van der Waals surface area (Å²) in [7, 11) is 0. The van der Waals surface area contributed by atoms with Crippen molar-refractivity contribution in [2.24, 2.45) is 5.92 Å². The normalized spacial score (nSPS) is 25.3. The topological polar surface area (TPSA) is 38.7 Å².